The predicted molar refractivity (Wildman–Crippen MR) is 29.1 cm³/mol. The molecule has 9 heteroatoms. The summed E-state index contributed by atoms with van der Waals surface area (Å²) in [5, 5.41) is 13.6. The Balaban J connectivity index is -0.0000000221. The molecule has 11 N–H and O–H groups in total. The monoisotopic (exact) mass is 145 g/mol. The van der Waals surface area contributed by atoms with Gasteiger partial charge in [-0.15, -0.1) is 10.1 Å². The fourth-order valence-electron chi connectivity index (χ4n) is 0. The van der Waals surface area contributed by atoms with Crippen molar-refractivity contribution in [2.45, 2.75) is 0 Å². The van der Waals surface area contributed by atoms with Gasteiger partial charge in [0.05, 0.1) is 0 Å². The van der Waals surface area contributed by atoms with Gasteiger partial charge >= 0.3 is 0 Å². The van der Waals surface area contributed by atoms with Crippen molar-refractivity contribution < 1.29 is 15.8 Å². The molecule has 0 saturated heterocycles. The number of rotatable bonds is 0. The summed E-state index contributed by atoms with van der Waals surface area (Å²) < 4.78 is 0. The van der Waals surface area contributed by atoms with Crippen molar-refractivity contribution >= 4 is 0 Å². The summed E-state index contributed by atoms with van der Waals surface area (Å²) in [5.41, 5.74) is 0. The molecule has 0 rings (SSSR count). The summed E-state index contributed by atoms with van der Waals surface area (Å²) in [6, 6.07) is 0. The average molecular weight is 145 g/mol. The quantitative estimate of drug-likeness (QED) is 0.132. The van der Waals surface area contributed by atoms with Gasteiger partial charge in [0.15, 0.2) is 0 Å². The molecule has 9 heavy (non-hydrogen) atoms. The number of nitrogens with two attached hydrogens (primary N) is 4. The van der Waals surface area contributed by atoms with E-state index in [0.717, 1.165) is 0 Å². The second-order valence-corrected chi connectivity index (χ2v) is 0.238. The topological polar surface area (TPSA) is 199 Å². The zero-order valence-electron chi connectivity index (χ0n) is 4.52. The molecule has 0 atom stereocenters. The third-order valence-corrected chi connectivity index (χ3v) is 0. The van der Waals surface area contributed by atoms with Gasteiger partial charge in [0.1, 0.15) is 0 Å². The standard InChI is InChI=1S/2H4N2.HNO3.H2O/c2*1-2;2-1(3)4;/h2*1-2H2;(H,2,3,4);1H2. The van der Waals surface area contributed by atoms with E-state index < -0.39 is 5.09 Å². The number of hydrazine groups is 2. The lowest BCUT2D eigenvalue weighted by molar-refractivity contribution is -0.742. The van der Waals surface area contributed by atoms with Crippen molar-refractivity contribution in [3.8, 4) is 0 Å². The van der Waals surface area contributed by atoms with Crippen molar-refractivity contribution in [1.82, 2.24) is 0 Å². The van der Waals surface area contributed by atoms with Crippen LogP contribution in [-0.4, -0.2) is 15.8 Å². The predicted octanol–water partition coefficient (Wildman–Crippen LogP) is -3.53. The molecule has 0 aliphatic heterocycles. The minimum Gasteiger partial charge on any atom is -0.412 e. The first kappa shape index (κ1) is 24.5. The van der Waals surface area contributed by atoms with E-state index in [1.165, 1.54) is 0 Å². The van der Waals surface area contributed by atoms with Crippen molar-refractivity contribution in [2.75, 3.05) is 0 Å². The van der Waals surface area contributed by atoms with Crippen molar-refractivity contribution in [2.24, 2.45) is 23.4 Å². The van der Waals surface area contributed by atoms with Crippen LogP contribution in [0.1, 0.15) is 0 Å². The van der Waals surface area contributed by atoms with Gasteiger partial charge in [0, 0.05) is 0 Å². The van der Waals surface area contributed by atoms with Crippen molar-refractivity contribution in [3.05, 3.63) is 10.1 Å². The Morgan fingerprint density at radius 3 is 1.22 bits per heavy atom. The fourth-order valence-corrected chi connectivity index (χ4v) is 0. The number of hydrogen-bond acceptors (Lipinski definition) is 6. The van der Waals surface area contributed by atoms with Crippen LogP contribution in [0, 0.1) is 10.1 Å². The van der Waals surface area contributed by atoms with Crippen LogP contribution in [0.3, 0.4) is 0 Å². The number of nitrogens with zero attached hydrogens (tertiary/aromatic N) is 1. The van der Waals surface area contributed by atoms with E-state index in [2.05, 4.69) is 23.4 Å². The van der Waals surface area contributed by atoms with E-state index in [4.69, 9.17) is 15.3 Å². The van der Waals surface area contributed by atoms with E-state index in [0.29, 0.717) is 0 Å². The highest BCUT2D eigenvalue weighted by Crippen LogP contribution is 1.38. The first-order valence-electron chi connectivity index (χ1n) is 1.23. The molecular formula is H11N5O4. The van der Waals surface area contributed by atoms with Gasteiger partial charge in [0.25, 0.3) is 5.09 Å². The van der Waals surface area contributed by atoms with Crippen LogP contribution < -0.4 is 23.4 Å². The zero-order chi connectivity index (χ0) is 7.58. The van der Waals surface area contributed by atoms with Gasteiger partial charge in [-0.25, -0.2) is 0 Å². The smallest absolute Gasteiger partial charge is 0.291 e. The van der Waals surface area contributed by atoms with Gasteiger partial charge in [0.2, 0.25) is 0 Å². The zero-order valence-corrected chi connectivity index (χ0v) is 4.52. The molecule has 0 aliphatic rings. The molecule has 0 amide bonds. The SMILES string of the molecule is NN.NN.O.O=[N+]([O-])O. The first-order chi connectivity index (χ1) is 3.73. The van der Waals surface area contributed by atoms with Crippen LogP contribution in [0.15, 0.2) is 0 Å². The van der Waals surface area contributed by atoms with E-state index in [1.807, 2.05) is 0 Å². The molecule has 0 heterocycles. The van der Waals surface area contributed by atoms with Crippen LogP contribution in [-0.2, 0) is 0 Å². The lowest BCUT2D eigenvalue weighted by Crippen LogP contribution is -2.02. The van der Waals surface area contributed by atoms with Crippen LogP contribution in [0.25, 0.3) is 0 Å². The largest absolute Gasteiger partial charge is 0.412 e. The molecule has 0 bridgehead atoms. The summed E-state index contributed by atoms with van der Waals surface area (Å²) in [6.45, 7) is 0. The Morgan fingerprint density at radius 1 is 1.22 bits per heavy atom. The molecule has 0 fully saturated rings. The van der Waals surface area contributed by atoms with Gasteiger partial charge in [-0.1, -0.05) is 0 Å². The van der Waals surface area contributed by atoms with Crippen LogP contribution in [0.2, 0.25) is 0 Å². The molecule has 0 aromatic carbocycles. The normalized spacial score (nSPS) is 4.00. The highest BCUT2D eigenvalue weighted by Gasteiger charge is 1.65. The first-order valence-corrected chi connectivity index (χ1v) is 1.23. The van der Waals surface area contributed by atoms with Crippen molar-refractivity contribution in [3.63, 3.8) is 0 Å². The maximum atomic E-state index is 8.36. The molecule has 0 unspecified atom stereocenters. The lowest BCUT2D eigenvalue weighted by atomic mass is 13.0. The molecule has 0 saturated carbocycles. The fraction of sp³-hybridized carbons (Fsp3) is 0. The minimum absolute atomic E-state index is 0. The summed E-state index contributed by atoms with van der Waals surface area (Å²) in [5.74, 6) is 16.0. The second kappa shape index (κ2) is 63.0. The summed E-state index contributed by atoms with van der Waals surface area (Å²) in [4.78, 5) is 8.36. The Hall–Kier alpha value is -1.00. The molecule has 60 valence electrons. The van der Waals surface area contributed by atoms with E-state index >= 15 is 0 Å². The highest BCUT2D eigenvalue weighted by molar-refractivity contribution is 3.83. The molecule has 0 radical (unpaired) electrons. The van der Waals surface area contributed by atoms with Crippen LogP contribution in [0.5, 0.6) is 0 Å². The van der Waals surface area contributed by atoms with Crippen molar-refractivity contribution in [1.29, 1.82) is 0 Å². The molecule has 0 aromatic rings. The molecular weight excluding hydrogens is 134 g/mol. The van der Waals surface area contributed by atoms with Gasteiger partial charge < -0.3 is 10.7 Å². The molecule has 0 aromatic heterocycles. The lowest BCUT2D eigenvalue weighted by Gasteiger charge is -1.56. The molecule has 0 aliphatic carbocycles. The van der Waals surface area contributed by atoms with E-state index in [-0.39, 0.29) is 5.48 Å². The second-order valence-electron chi connectivity index (χ2n) is 0.238. The van der Waals surface area contributed by atoms with Gasteiger partial charge in [-0.2, -0.15) is 0 Å². The summed E-state index contributed by atoms with van der Waals surface area (Å²) in [6.07, 6.45) is 0. The van der Waals surface area contributed by atoms with Gasteiger partial charge in [-0.05, 0) is 0 Å². The summed E-state index contributed by atoms with van der Waals surface area (Å²) in [7, 11) is 0. The summed E-state index contributed by atoms with van der Waals surface area (Å²) >= 11 is 0. The Bertz CT molecular complexity index is 31.9. The van der Waals surface area contributed by atoms with Crippen LogP contribution >= 0.6 is 0 Å². The van der Waals surface area contributed by atoms with E-state index in [9.17, 15) is 0 Å². The highest BCUT2D eigenvalue weighted by atomic mass is 16.9. The van der Waals surface area contributed by atoms with Gasteiger partial charge in [-0.3, -0.25) is 23.4 Å². The van der Waals surface area contributed by atoms with E-state index in [1.54, 1.807) is 0 Å². The Morgan fingerprint density at radius 2 is 1.22 bits per heavy atom. The van der Waals surface area contributed by atoms with Crippen LogP contribution in [0.4, 0.5) is 0 Å². The molecule has 0 spiro atoms. The number of hydrogen-bond donors (Lipinski definition) is 5. The minimum atomic E-state index is -1.50. The molecule has 9 nitrogen and oxygen atoms in total. The Labute approximate surface area is 50.6 Å². The maximum absolute atomic E-state index is 8.36. The maximum Gasteiger partial charge on any atom is 0.291 e. The third kappa shape index (κ3) is 175. The Kier molecular flexibility index (Phi) is 172. The average Bonchev–Trinajstić information content (AvgIpc) is 1.75. The third-order valence-electron chi connectivity index (χ3n) is 0.